The van der Waals surface area contributed by atoms with E-state index in [1.165, 1.54) is 30.3 Å². The van der Waals surface area contributed by atoms with Gasteiger partial charge in [-0.05, 0) is 48.0 Å². The third kappa shape index (κ3) is 3.03. The lowest BCUT2D eigenvalue weighted by Gasteiger charge is -1.98. The highest BCUT2D eigenvalue weighted by Crippen LogP contribution is 2.25. The molecular formula is C16H8Cl2FNO2. The highest BCUT2D eigenvalue weighted by molar-refractivity contribution is 6.35. The number of hydrogen-bond acceptors (Lipinski definition) is 3. The van der Waals surface area contributed by atoms with Crippen LogP contribution in [0.3, 0.4) is 0 Å². The zero-order valence-electron chi connectivity index (χ0n) is 11.0. The van der Waals surface area contributed by atoms with Crippen molar-refractivity contribution in [3.8, 4) is 0 Å². The van der Waals surface area contributed by atoms with Crippen molar-refractivity contribution in [2.75, 3.05) is 0 Å². The van der Waals surface area contributed by atoms with Gasteiger partial charge in [0.15, 0.2) is 5.70 Å². The van der Waals surface area contributed by atoms with E-state index in [4.69, 9.17) is 27.9 Å². The maximum absolute atomic E-state index is 12.9. The van der Waals surface area contributed by atoms with Gasteiger partial charge in [-0.25, -0.2) is 14.2 Å². The van der Waals surface area contributed by atoms with Crippen LogP contribution in [0.5, 0.6) is 0 Å². The minimum atomic E-state index is -0.592. The SMILES string of the molecule is O=C1OC(c2ccc(F)cc2)=N/C1=C\c1ccc(Cl)cc1Cl. The summed E-state index contributed by atoms with van der Waals surface area (Å²) in [6, 6.07) is 10.4. The fraction of sp³-hybridized carbons (Fsp3) is 0. The van der Waals surface area contributed by atoms with E-state index in [1.54, 1.807) is 18.2 Å². The second-order valence-corrected chi connectivity index (χ2v) is 5.35. The van der Waals surface area contributed by atoms with Crippen LogP contribution in [0, 0.1) is 5.82 Å². The average molecular weight is 336 g/mol. The molecule has 0 aliphatic carbocycles. The van der Waals surface area contributed by atoms with E-state index in [0.29, 0.717) is 21.2 Å². The lowest BCUT2D eigenvalue weighted by Crippen LogP contribution is -2.05. The molecule has 0 atom stereocenters. The summed E-state index contributed by atoms with van der Waals surface area (Å²) in [7, 11) is 0. The molecule has 0 amide bonds. The lowest BCUT2D eigenvalue weighted by molar-refractivity contribution is -0.129. The van der Waals surface area contributed by atoms with Crippen molar-refractivity contribution in [2.45, 2.75) is 0 Å². The molecule has 0 radical (unpaired) electrons. The van der Waals surface area contributed by atoms with Crippen LogP contribution in [0.15, 0.2) is 53.2 Å². The van der Waals surface area contributed by atoms with Crippen LogP contribution in [0.4, 0.5) is 4.39 Å². The molecule has 0 aromatic heterocycles. The summed E-state index contributed by atoms with van der Waals surface area (Å²) in [6.07, 6.45) is 1.51. The van der Waals surface area contributed by atoms with Crippen molar-refractivity contribution in [3.05, 3.63) is 75.2 Å². The van der Waals surface area contributed by atoms with Gasteiger partial charge < -0.3 is 4.74 Å². The third-order valence-electron chi connectivity index (χ3n) is 2.97. The van der Waals surface area contributed by atoms with Gasteiger partial charge in [-0.2, -0.15) is 0 Å². The van der Waals surface area contributed by atoms with Gasteiger partial charge in [-0.15, -0.1) is 0 Å². The summed E-state index contributed by atoms with van der Waals surface area (Å²) in [5.41, 5.74) is 1.23. The van der Waals surface area contributed by atoms with Crippen LogP contribution in [0.25, 0.3) is 6.08 Å². The number of cyclic esters (lactones) is 1. The second-order valence-electron chi connectivity index (χ2n) is 4.51. The van der Waals surface area contributed by atoms with Crippen LogP contribution in [-0.4, -0.2) is 11.9 Å². The van der Waals surface area contributed by atoms with Gasteiger partial charge in [0.1, 0.15) is 5.82 Å². The number of hydrogen-bond donors (Lipinski definition) is 0. The van der Waals surface area contributed by atoms with Gasteiger partial charge >= 0.3 is 5.97 Å². The predicted molar refractivity (Wildman–Crippen MR) is 83.5 cm³/mol. The Bertz CT molecular complexity index is 813. The number of benzene rings is 2. The van der Waals surface area contributed by atoms with E-state index in [0.717, 1.165) is 0 Å². The Morgan fingerprint density at radius 3 is 2.50 bits per heavy atom. The Kier molecular flexibility index (Phi) is 3.96. The molecule has 0 saturated heterocycles. The Labute approximate surface area is 135 Å². The average Bonchev–Trinajstić information content (AvgIpc) is 2.84. The molecule has 0 fully saturated rings. The van der Waals surface area contributed by atoms with Gasteiger partial charge in [0.2, 0.25) is 5.90 Å². The summed E-state index contributed by atoms with van der Waals surface area (Å²) >= 11 is 11.9. The number of aliphatic imine (C=N–C) groups is 1. The zero-order chi connectivity index (χ0) is 15.7. The minimum absolute atomic E-state index is 0.114. The maximum Gasteiger partial charge on any atom is 0.363 e. The van der Waals surface area contributed by atoms with Gasteiger partial charge in [0, 0.05) is 15.6 Å². The van der Waals surface area contributed by atoms with E-state index < -0.39 is 5.97 Å². The molecule has 3 rings (SSSR count). The molecule has 110 valence electrons. The minimum Gasteiger partial charge on any atom is -0.402 e. The summed E-state index contributed by atoms with van der Waals surface area (Å²) in [6.45, 7) is 0. The largest absolute Gasteiger partial charge is 0.402 e. The van der Waals surface area contributed by atoms with E-state index in [2.05, 4.69) is 4.99 Å². The van der Waals surface area contributed by atoms with E-state index in [1.807, 2.05) is 0 Å². The number of carbonyl (C=O) groups is 1. The first-order valence-corrected chi connectivity index (χ1v) is 7.02. The molecule has 2 aromatic rings. The fourth-order valence-corrected chi connectivity index (χ4v) is 2.35. The molecule has 1 aliphatic heterocycles. The Balaban J connectivity index is 1.95. The van der Waals surface area contributed by atoms with Gasteiger partial charge in [-0.3, -0.25) is 0 Å². The number of rotatable bonds is 2. The molecule has 6 heteroatoms. The van der Waals surface area contributed by atoms with Crippen LogP contribution in [0.1, 0.15) is 11.1 Å². The molecule has 0 bridgehead atoms. The highest BCUT2D eigenvalue weighted by atomic mass is 35.5. The number of esters is 1. The summed E-state index contributed by atoms with van der Waals surface area (Å²) in [4.78, 5) is 16.0. The van der Waals surface area contributed by atoms with Crippen LogP contribution in [-0.2, 0) is 9.53 Å². The summed E-state index contributed by atoms with van der Waals surface area (Å²) < 4.78 is 18.0. The van der Waals surface area contributed by atoms with Crippen LogP contribution >= 0.6 is 23.2 Å². The van der Waals surface area contributed by atoms with Crippen molar-refractivity contribution in [3.63, 3.8) is 0 Å². The first-order chi connectivity index (χ1) is 10.5. The Morgan fingerprint density at radius 1 is 1.09 bits per heavy atom. The van der Waals surface area contributed by atoms with E-state index in [9.17, 15) is 9.18 Å². The van der Waals surface area contributed by atoms with Crippen molar-refractivity contribution < 1.29 is 13.9 Å². The Hall–Kier alpha value is -2.17. The van der Waals surface area contributed by atoms with Gasteiger partial charge in [-0.1, -0.05) is 29.3 Å². The zero-order valence-corrected chi connectivity index (χ0v) is 12.5. The molecule has 0 saturated carbocycles. The second kappa shape index (κ2) is 5.91. The predicted octanol–water partition coefficient (Wildman–Crippen LogP) is 4.48. The molecular weight excluding hydrogens is 328 g/mol. The third-order valence-corrected chi connectivity index (χ3v) is 3.53. The Morgan fingerprint density at radius 2 is 1.82 bits per heavy atom. The van der Waals surface area contributed by atoms with E-state index >= 15 is 0 Å². The highest BCUT2D eigenvalue weighted by Gasteiger charge is 2.24. The molecule has 1 aliphatic rings. The first-order valence-electron chi connectivity index (χ1n) is 6.26. The monoisotopic (exact) mass is 335 g/mol. The molecule has 3 nitrogen and oxygen atoms in total. The molecule has 2 aromatic carbocycles. The number of halogens is 3. The van der Waals surface area contributed by atoms with Crippen molar-refractivity contribution in [1.82, 2.24) is 0 Å². The van der Waals surface area contributed by atoms with Gasteiger partial charge in [0.25, 0.3) is 0 Å². The van der Waals surface area contributed by atoms with Crippen molar-refractivity contribution in [2.24, 2.45) is 4.99 Å². The van der Waals surface area contributed by atoms with Gasteiger partial charge in [0.05, 0.1) is 0 Å². The quantitative estimate of drug-likeness (QED) is 0.599. The molecule has 0 unspecified atom stereocenters. The lowest BCUT2D eigenvalue weighted by atomic mass is 10.2. The summed E-state index contributed by atoms with van der Waals surface area (Å²) in [5, 5.41) is 0.898. The number of carbonyl (C=O) groups excluding carboxylic acids is 1. The van der Waals surface area contributed by atoms with Crippen LogP contribution < -0.4 is 0 Å². The smallest absolute Gasteiger partial charge is 0.363 e. The molecule has 22 heavy (non-hydrogen) atoms. The molecule has 0 spiro atoms. The first kappa shape index (κ1) is 14.8. The molecule has 0 N–H and O–H groups in total. The van der Waals surface area contributed by atoms with Crippen molar-refractivity contribution in [1.29, 1.82) is 0 Å². The van der Waals surface area contributed by atoms with Crippen LogP contribution in [0.2, 0.25) is 10.0 Å². The standard InChI is InChI=1S/C16H8Cl2FNO2/c17-11-4-1-10(13(18)8-11)7-14-16(21)22-15(20-14)9-2-5-12(19)6-3-9/h1-8H/b14-7-. The van der Waals surface area contributed by atoms with E-state index in [-0.39, 0.29) is 17.4 Å². The normalized spacial score (nSPS) is 15.9. The fourth-order valence-electron chi connectivity index (χ4n) is 1.89. The summed E-state index contributed by atoms with van der Waals surface area (Å²) in [5.74, 6) is -0.843. The maximum atomic E-state index is 12.9. The molecule has 1 heterocycles. The number of nitrogens with zero attached hydrogens (tertiary/aromatic N) is 1. The van der Waals surface area contributed by atoms with Crippen molar-refractivity contribution >= 4 is 41.1 Å². The number of ether oxygens (including phenoxy) is 1. The topological polar surface area (TPSA) is 38.7 Å².